The van der Waals surface area contributed by atoms with E-state index < -0.39 is 0 Å². The SMILES string of the molecule is Nc1ccc(Cl)c2[nH]c3c(c12)CCCC3. The fourth-order valence-electron chi connectivity index (χ4n) is 2.51. The van der Waals surface area contributed by atoms with Crippen molar-refractivity contribution in [2.24, 2.45) is 0 Å². The third-order valence-electron chi connectivity index (χ3n) is 3.23. The maximum atomic E-state index is 6.16. The standard InChI is InChI=1S/C12H13ClN2/c13-8-5-6-9(14)11-7-3-1-2-4-10(7)15-12(8)11/h5-6,15H,1-4,14H2. The predicted octanol–water partition coefficient (Wildman–Crippen LogP) is 3.28. The van der Waals surface area contributed by atoms with Crippen LogP contribution >= 0.6 is 11.6 Å². The van der Waals surface area contributed by atoms with Crippen LogP contribution in [0.2, 0.25) is 5.02 Å². The Hall–Kier alpha value is -1.15. The molecule has 2 nitrogen and oxygen atoms in total. The number of nitrogens with one attached hydrogen (secondary N) is 1. The summed E-state index contributed by atoms with van der Waals surface area (Å²) in [6.07, 6.45) is 4.77. The molecule has 1 aromatic carbocycles. The molecule has 0 radical (unpaired) electrons. The molecule has 0 saturated carbocycles. The first-order valence-electron chi connectivity index (χ1n) is 5.35. The van der Waals surface area contributed by atoms with Crippen molar-refractivity contribution in [2.45, 2.75) is 25.7 Å². The van der Waals surface area contributed by atoms with Gasteiger partial charge in [-0.15, -0.1) is 0 Å². The zero-order valence-electron chi connectivity index (χ0n) is 8.44. The number of anilines is 1. The number of hydrogen-bond acceptors (Lipinski definition) is 1. The number of halogens is 1. The number of aromatic amines is 1. The number of H-pyrrole nitrogens is 1. The van der Waals surface area contributed by atoms with Gasteiger partial charge in [0.2, 0.25) is 0 Å². The number of hydrogen-bond donors (Lipinski definition) is 2. The second kappa shape index (κ2) is 3.17. The smallest absolute Gasteiger partial charge is 0.0669 e. The van der Waals surface area contributed by atoms with Crippen LogP contribution in [0.3, 0.4) is 0 Å². The number of rotatable bonds is 0. The third kappa shape index (κ3) is 1.25. The van der Waals surface area contributed by atoms with E-state index in [1.807, 2.05) is 12.1 Å². The van der Waals surface area contributed by atoms with Crippen molar-refractivity contribution < 1.29 is 0 Å². The fraction of sp³-hybridized carbons (Fsp3) is 0.333. The minimum absolute atomic E-state index is 0.772. The van der Waals surface area contributed by atoms with E-state index in [2.05, 4.69) is 4.98 Å². The summed E-state index contributed by atoms with van der Waals surface area (Å²) in [6.45, 7) is 0. The van der Waals surface area contributed by atoms with Gasteiger partial charge in [0.1, 0.15) is 0 Å². The number of aryl methyl sites for hydroxylation is 2. The molecule has 1 aromatic heterocycles. The molecule has 3 heteroatoms. The molecule has 1 aliphatic carbocycles. The van der Waals surface area contributed by atoms with Crippen molar-refractivity contribution >= 4 is 28.2 Å². The van der Waals surface area contributed by atoms with Crippen LogP contribution in [0.4, 0.5) is 5.69 Å². The van der Waals surface area contributed by atoms with Crippen LogP contribution in [-0.2, 0) is 12.8 Å². The molecule has 0 aliphatic heterocycles. The fourth-order valence-corrected chi connectivity index (χ4v) is 2.72. The highest BCUT2D eigenvalue weighted by Gasteiger charge is 2.18. The molecule has 15 heavy (non-hydrogen) atoms. The second-order valence-electron chi connectivity index (χ2n) is 4.18. The van der Waals surface area contributed by atoms with E-state index in [0.717, 1.165) is 34.5 Å². The predicted molar refractivity (Wildman–Crippen MR) is 64.4 cm³/mol. The van der Waals surface area contributed by atoms with Crippen molar-refractivity contribution in [3.05, 3.63) is 28.4 Å². The Morgan fingerprint density at radius 3 is 2.87 bits per heavy atom. The van der Waals surface area contributed by atoms with Crippen LogP contribution < -0.4 is 5.73 Å². The van der Waals surface area contributed by atoms with Gasteiger partial charge in [-0.05, 0) is 43.4 Å². The van der Waals surface area contributed by atoms with Crippen LogP contribution in [0.1, 0.15) is 24.1 Å². The molecule has 3 rings (SSSR count). The minimum Gasteiger partial charge on any atom is -0.398 e. The maximum Gasteiger partial charge on any atom is 0.0669 e. The molecule has 0 spiro atoms. The van der Waals surface area contributed by atoms with Crippen LogP contribution in [0.15, 0.2) is 12.1 Å². The summed E-state index contributed by atoms with van der Waals surface area (Å²) in [6, 6.07) is 3.76. The van der Waals surface area contributed by atoms with Gasteiger partial charge in [0.05, 0.1) is 10.5 Å². The van der Waals surface area contributed by atoms with Crippen molar-refractivity contribution in [1.29, 1.82) is 0 Å². The highest BCUT2D eigenvalue weighted by atomic mass is 35.5. The van der Waals surface area contributed by atoms with Crippen LogP contribution in [0.5, 0.6) is 0 Å². The lowest BCUT2D eigenvalue weighted by molar-refractivity contribution is 0.680. The number of fused-ring (bicyclic) bond motifs is 3. The van der Waals surface area contributed by atoms with Gasteiger partial charge in [0.25, 0.3) is 0 Å². The number of benzene rings is 1. The van der Waals surface area contributed by atoms with Gasteiger partial charge < -0.3 is 10.7 Å². The highest BCUT2D eigenvalue weighted by Crippen LogP contribution is 2.35. The molecule has 78 valence electrons. The summed E-state index contributed by atoms with van der Waals surface area (Å²) in [4.78, 5) is 3.41. The van der Waals surface area contributed by atoms with E-state index in [4.69, 9.17) is 17.3 Å². The van der Waals surface area contributed by atoms with Crippen LogP contribution in [0, 0.1) is 0 Å². The quantitative estimate of drug-likeness (QED) is 0.658. The van der Waals surface area contributed by atoms with Gasteiger partial charge in [-0.1, -0.05) is 11.6 Å². The lowest BCUT2D eigenvalue weighted by Gasteiger charge is -2.10. The van der Waals surface area contributed by atoms with Gasteiger partial charge >= 0.3 is 0 Å². The molecule has 0 unspecified atom stereocenters. The largest absolute Gasteiger partial charge is 0.398 e. The maximum absolute atomic E-state index is 6.16. The second-order valence-corrected chi connectivity index (χ2v) is 4.58. The average Bonchev–Trinajstić information content (AvgIpc) is 2.64. The molecule has 0 saturated heterocycles. The first kappa shape index (κ1) is 9.10. The molecular weight excluding hydrogens is 208 g/mol. The summed E-state index contributed by atoms with van der Waals surface area (Å²) < 4.78 is 0. The lowest BCUT2D eigenvalue weighted by atomic mass is 9.95. The first-order valence-corrected chi connectivity index (χ1v) is 5.72. The molecule has 0 fully saturated rings. The first-order chi connectivity index (χ1) is 7.27. The molecule has 0 amide bonds. The van der Waals surface area contributed by atoms with Gasteiger partial charge in [-0.2, -0.15) is 0 Å². The van der Waals surface area contributed by atoms with Gasteiger partial charge in [-0.3, -0.25) is 0 Å². The van der Waals surface area contributed by atoms with Crippen molar-refractivity contribution in [1.82, 2.24) is 4.98 Å². The number of aromatic nitrogens is 1. The zero-order valence-corrected chi connectivity index (χ0v) is 9.19. The van der Waals surface area contributed by atoms with Gasteiger partial charge in [-0.25, -0.2) is 0 Å². The molecule has 1 heterocycles. The minimum atomic E-state index is 0.772. The number of nitrogen functional groups attached to an aromatic ring is 1. The zero-order chi connectivity index (χ0) is 10.4. The summed E-state index contributed by atoms with van der Waals surface area (Å²) in [5.74, 6) is 0. The van der Waals surface area contributed by atoms with E-state index in [-0.39, 0.29) is 0 Å². The Morgan fingerprint density at radius 2 is 2.00 bits per heavy atom. The summed E-state index contributed by atoms with van der Waals surface area (Å²) in [5.41, 5.74) is 10.6. The van der Waals surface area contributed by atoms with Crippen molar-refractivity contribution in [3.8, 4) is 0 Å². The molecular formula is C12H13ClN2. The van der Waals surface area contributed by atoms with E-state index in [1.165, 1.54) is 24.1 Å². The normalized spacial score (nSPS) is 15.5. The Morgan fingerprint density at radius 1 is 1.20 bits per heavy atom. The van der Waals surface area contributed by atoms with E-state index in [1.54, 1.807) is 0 Å². The van der Waals surface area contributed by atoms with Gasteiger partial charge in [0, 0.05) is 16.8 Å². The van der Waals surface area contributed by atoms with E-state index in [0.29, 0.717) is 0 Å². The number of nitrogens with two attached hydrogens (primary N) is 1. The molecule has 0 atom stereocenters. The van der Waals surface area contributed by atoms with Gasteiger partial charge in [0.15, 0.2) is 0 Å². The molecule has 1 aliphatic rings. The Kier molecular flexibility index (Phi) is 1.93. The molecule has 0 bridgehead atoms. The third-order valence-corrected chi connectivity index (χ3v) is 3.55. The lowest BCUT2D eigenvalue weighted by Crippen LogP contribution is -2.00. The average molecular weight is 221 g/mol. The Bertz CT molecular complexity index is 528. The molecule has 2 aromatic rings. The summed E-state index contributed by atoms with van der Waals surface area (Å²) >= 11 is 6.16. The summed E-state index contributed by atoms with van der Waals surface area (Å²) in [5, 5.41) is 1.92. The van der Waals surface area contributed by atoms with E-state index >= 15 is 0 Å². The van der Waals surface area contributed by atoms with Crippen molar-refractivity contribution in [3.63, 3.8) is 0 Å². The van der Waals surface area contributed by atoms with Crippen LogP contribution in [0.25, 0.3) is 10.9 Å². The van der Waals surface area contributed by atoms with Crippen molar-refractivity contribution in [2.75, 3.05) is 5.73 Å². The summed E-state index contributed by atoms with van der Waals surface area (Å²) in [7, 11) is 0. The topological polar surface area (TPSA) is 41.8 Å². The highest BCUT2D eigenvalue weighted by molar-refractivity contribution is 6.35. The Labute approximate surface area is 93.4 Å². The van der Waals surface area contributed by atoms with E-state index in [9.17, 15) is 0 Å². The monoisotopic (exact) mass is 220 g/mol. The molecule has 3 N–H and O–H groups in total. The van der Waals surface area contributed by atoms with Crippen LogP contribution in [-0.4, -0.2) is 4.98 Å². The Balaban J connectivity index is 2.41.